The van der Waals surface area contributed by atoms with Crippen LogP contribution in [0.2, 0.25) is 0 Å². The van der Waals surface area contributed by atoms with E-state index in [1.807, 2.05) is 24.3 Å². The van der Waals surface area contributed by atoms with Gasteiger partial charge in [0.2, 0.25) is 11.9 Å². The van der Waals surface area contributed by atoms with Crippen LogP contribution in [0.25, 0.3) is 0 Å². The number of nitrogens with zero attached hydrogens (tertiary/aromatic N) is 3. The van der Waals surface area contributed by atoms with Crippen molar-refractivity contribution in [3.8, 4) is 0 Å². The molecule has 1 heterocycles. The quantitative estimate of drug-likeness (QED) is 0.793. The molecule has 0 bridgehead atoms. The number of carbonyl (C=O) groups excluding carboxylic acids is 1. The largest absolute Gasteiger partial charge is 0.349 e. The van der Waals surface area contributed by atoms with Crippen molar-refractivity contribution in [3.63, 3.8) is 0 Å². The predicted octanol–water partition coefficient (Wildman–Crippen LogP) is 3.74. The molecule has 2 aromatic rings. The number of aromatic nitrogens is 3. The molecular weight excluding hydrogens is 326 g/mol. The van der Waals surface area contributed by atoms with Crippen molar-refractivity contribution in [2.75, 3.05) is 10.6 Å². The second kappa shape index (κ2) is 8.74. The van der Waals surface area contributed by atoms with Crippen molar-refractivity contribution in [2.45, 2.75) is 58.9 Å². The molecule has 6 nitrogen and oxygen atoms in total. The molecule has 0 atom stereocenters. The van der Waals surface area contributed by atoms with Gasteiger partial charge in [0.15, 0.2) is 0 Å². The molecule has 26 heavy (non-hydrogen) atoms. The highest BCUT2D eigenvalue weighted by Crippen LogP contribution is 2.26. The standard InChI is InChI=1S/C20H27N5O/c1-3-17-18(4-2)24-25-20(23-17)21-13-14-8-7-11-16(12-14)22-19(26)15-9-5-6-10-15/h7-8,11-12,15H,3-6,9-10,13H2,1-2H3,(H,22,26)(H,21,23,25). The molecule has 1 fully saturated rings. The van der Waals surface area contributed by atoms with E-state index in [1.165, 1.54) is 0 Å². The molecule has 0 radical (unpaired) electrons. The lowest BCUT2D eigenvalue weighted by atomic mass is 10.1. The van der Waals surface area contributed by atoms with Gasteiger partial charge in [-0.2, -0.15) is 5.10 Å². The van der Waals surface area contributed by atoms with Crippen LogP contribution >= 0.6 is 0 Å². The minimum atomic E-state index is 0.142. The van der Waals surface area contributed by atoms with Gasteiger partial charge in [0.05, 0.1) is 11.4 Å². The Bertz CT molecular complexity index is 756. The molecule has 0 unspecified atom stereocenters. The Morgan fingerprint density at radius 3 is 2.62 bits per heavy atom. The van der Waals surface area contributed by atoms with Crippen LogP contribution in [0.5, 0.6) is 0 Å². The zero-order valence-corrected chi connectivity index (χ0v) is 15.6. The zero-order chi connectivity index (χ0) is 18.4. The average molecular weight is 353 g/mol. The molecule has 6 heteroatoms. The van der Waals surface area contributed by atoms with Crippen LogP contribution in [0, 0.1) is 5.92 Å². The van der Waals surface area contributed by atoms with E-state index >= 15 is 0 Å². The highest BCUT2D eigenvalue weighted by atomic mass is 16.1. The van der Waals surface area contributed by atoms with E-state index in [0.717, 1.165) is 61.2 Å². The summed E-state index contributed by atoms with van der Waals surface area (Å²) in [5, 5.41) is 14.7. The number of benzene rings is 1. The second-order valence-electron chi connectivity index (χ2n) is 6.76. The minimum absolute atomic E-state index is 0.142. The van der Waals surface area contributed by atoms with Crippen LogP contribution in [0.15, 0.2) is 24.3 Å². The van der Waals surface area contributed by atoms with Crippen LogP contribution in [-0.4, -0.2) is 21.1 Å². The van der Waals surface area contributed by atoms with Crippen LogP contribution in [-0.2, 0) is 24.2 Å². The Hall–Kier alpha value is -2.50. The van der Waals surface area contributed by atoms with E-state index in [2.05, 4.69) is 39.7 Å². The van der Waals surface area contributed by atoms with E-state index in [4.69, 9.17) is 0 Å². The van der Waals surface area contributed by atoms with Gasteiger partial charge in [0.1, 0.15) is 0 Å². The first-order valence-corrected chi connectivity index (χ1v) is 9.55. The van der Waals surface area contributed by atoms with Crippen LogP contribution < -0.4 is 10.6 Å². The van der Waals surface area contributed by atoms with E-state index in [1.54, 1.807) is 0 Å². The summed E-state index contributed by atoms with van der Waals surface area (Å²) in [7, 11) is 0. The minimum Gasteiger partial charge on any atom is -0.349 e. The highest BCUT2D eigenvalue weighted by Gasteiger charge is 2.22. The number of hydrogen-bond acceptors (Lipinski definition) is 5. The van der Waals surface area contributed by atoms with Crippen molar-refractivity contribution in [3.05, 3.63) is 41.2 Å². The molecule has 1 aromatic heterocycles. The molecule has 0 saturated heterocycles. The summed E-state index contributed by atoms with van der Waals surface area (Å²) in [6, 6.07) is 7.90. The molecule has 1 saturated carbocycles. The van der Waals surface area contributed by atoms with Gasteiger partial charge < -0.3 is 10.6 Å². The van der Waals surface area contributed by atoms with Crippen molar-refractivity contribution in [1.82, 2.24) is 15.2 Å². The Kier molecular flexibility index (Phi) is 6.15. The summed E-state index contributed by atoms with van der Waals surface area (Å²) in [6.07, 6.45) is 6.01. The number of hydrogen-bond donors (Lipinski definition) is 2. The van der Waals surface area contributed by atoms with E-state index in [9.17, 15) is 4.79 Å². The number of anilines is 2. The Morgan fingerprint density at radius 1 is 1.12 bits per heavy atom. The lowest BCUT2D eigenvalue weighted by Crippen LogP contribution is -2.20. The SMILES string of the molecule is CCc1nnc(NCc2cccc(NC(=O)C3CCCC3)c2)nc1CC. The molecule has 2 N–H and O–H groups in total. The number of carbonyl (C=O) groups is 1. The van der Waals surface area contributed by atoms with Gasteiger partial charge >= 0.3 is 0 Å². The maximum atomic E-state index is 12.3. The van der Waals surface area contributed by atoms with Gasteiger partial charge in [-0.05, 0) is 43.4 Å². The molecule has 1 aliphatic carbocycles. The first kappa shape index (κ1) is 18.3. The van der Waals surface area contributed by atoms with Crippen LogP contribution in [0.4, 0.5) is 11.6 Å². The molecule has 0 spiro atoms. The molecule has 0 aliphatic heterocycles. The van der Waals surface area contributed by atoms with Crippen molar-refractivity contribution < 1.29 is 4.79 Å². The second-order valence-corrected chi connectivity index (χ2v) is 6.76. The smallest absolute Gasteiger partial charge is 0.243 e. The summed E-state index contributed by atoms with van der Waals surface area (Å²) in [5.74, 6) is 0.850. The van der Waals surface area contributed by atoms with E-state index in [0.29, 0.717) is 12.5 Å². The van der Waals surface area contributed by atoms with Gasteiger partial charge in [0.25, 0.3) is 0 Å². The number of rotatable bonds is 7. The average Bonchev–Trinajstić information content (AvgIpc) is 3.21. The van der Waals surface area contributed by atoms with Gasteiger partial charge in [0, 0.05) is 18.2 Å². The normalized spacial score (nSPS) is 14.4. The monoisotopic (exact) mass is 353 g/mol. The number of aryl methyl sites for hydroxylation is 2. The summed E-state index contributed by atoms with van der Waals surface area (Å²) in [4.78, 5) is 16.8. The summed E-state index contributed by atoms with van der Waals surface area (Å²) in [6.45, 7) is 4.72. The highest BCUT2D eigenvalue weighted by molar-refractivity contribution is 5.92. The fraction of sp³-hybridized carbons (Fsp3) is 0.500. The zero-order valence-electron chi connectivity index (χ0n) is 15.6. The summed E-state index contributed by atoms with van der Waals surface area (Å²) in [5.41, 5.74) is 3.85. The number of nitrogens with one attached hydrogen (secondary N) is 2. The number of amides is 1. The van der Waals surface area contributed by atoms with Crippen molar-refractivity contribution >= 4 is 17.5 Å². The molecule has 3 rings (SSSR count). The Morgan fingerprint density at radius 2 is 1.88 bits per heavy atom. The van der Waals surface area contributed by atoms with E-state index < -0.39 is 0 Å². The van der Waals surface area contributed by atoms with E-state index in [-0.39, 0.29) is 11.8 Å². The molecule has 1 amide bonds. The van der Waals surface area contributed by atoms with Gasteiger partial charge in [-0.15, -0.1) is 5.10 Å². The van der Waals surface area contributed by atoms with Gasteiger partial charge in [-0.25, -0.2) is 4.98 Å². The first-order chi connectivity index (χ1) is 12.7. The maximum Gasteiger partial charge on any atom is 0.243 e. The predicted molar refractivity (Wildman–Crippen MR) is 103 cm³/mol. The fourth-order valence-corrected chi connectivity index (χ4v) is 3.39. The Labute approximate surface area is 154 Å². The summed E-state index contributed by atoms with van der Waals surface area (Å²) >= 11 is 0. The Balaban J connectivity index is 1.61. The summed E-state index contributed by atoms with van der Waals surface area (Å²) < 4.78 is 0. The first-order valence-electron chi connectivity index (χ1n) is 9.55. The van der Waals surface area contributed by atoms with Gasteiger partial charge in [-0.3, -0.25) is 4.79 Å². The maximum absolute atomic E-state index is 12.3. The molecule has 1 aromatic carbocycles. The van der Waals surface area contributed by atoms with Crippen molar-refractivity contribution in [1.29, 1.82) is 0 Å². The third-order valence-electron chi connectivity index (χ3n) is 4.88. The van der Waals surface area contributed by atoms with Crippen molar-refractivity contribution in [2.24, 2.45) is 5.92 Å². The molecule has 138 valence electrons. The molecular formula is C20H27N5O. The third kappa shape index (κ3) is 4.56. The molecule has 1 aliphatic rings. The topological polar surface area (TPSA) is 79.8 Å². The fourth-order valence-electron chi connectivity index (χ4n) is 3.39. The lowest BCUT2D eigenvalue weighted by molar-refractivity contribution is -0.119. The third-order valence-corrected chi connectivity index (χ3v) is 4.88. The van der Waals surface area contributed by atoms with Gasteiger partial charge in [-0.1, -0.05) is 38.8 Å². The van der Waals surface area contributed by atoms with Crippen LogP contribution in [0.3, 0.4) is 0 Å². The van der Waals surface area contributed by atoms with Crippen LogP contribution in [0.1, 0.15) is 56.5 Å². The lowest BCUT2D eigenvalue weighted by Gasteiger charge is -2.12.